The number of carbonyl (C=O) groups is 2. The maximum absolute atomic E-state index is 12.6. The third kappa shape index (κ3) is 6.13. The third-order valence-electron chi connectivity index (χ3n) is 5.77. The molecule has 0 spiro atoms. The molecule has 2 amide bonds. The smallest absolute Gasteiger partial charge is 0.407 e. The van der Waals surface area contributed by atoms with E-state index in [1.807, 2.05) is 50.2 Å². The maximum atomic E-state index is 12.6. The van der Waals surface area contributed by atoms with E-state index in [1.165, 1.54) is 11.1 Å². The molecule has 0 aliphatic rings. The number of hydrogen-bond acceptors (Lipinski definition) is 4. The number of ether oxygens (including phenoxy) is 1. The van der Waals surface area contributed by atoms with Crippen molar-refractivity contribution in [3.8, 4) is 5.69 Å². The molecule has 2 N–H and O–H groups in total. The lowest BCUT2D eigenvalue weighted by Gasteiger charge is -2.18. The fourth-order valence-electron chi connectivity index (χ4n) is 3.84. The number of alkyl carbamates (subject to hydrolysis) is 1. The molecule has 0 fully saturated rings. The SMILES string of the molecule is CCOC(=O)N[C@H](CC(=O)N/N=C\c1cc(C)n(-c2ccc(C)c(C)c2)c1C)c1ccccc1. The largest absolute Gasteiger partial charge is 0.450 e. The molecule has 3 rings (SSSR count). The van der Waals surface area contributed by atoms with Gasteiger partial charge in [-0.1, -0.05) is 36.4 Å². The van der Waals surface area contributed by atoms with Crippen molar-refractivity contribution in [3.63, 3.8) is 0 Å². The van der Waals surface area contributed by atoms with Crippen molar-refractivity contribution < 1.29 is 14.3 Å². The van der Waals surface area contributed by atoms with Gasteiger partial charge >= 0.3 is 6.09 Å². The Bertz CT molecular complexity index is 1180. The van der Waals surface area contributed by atoms with Crippen LogP contribution in [0.15, 0.2) is 59.7 Å². The van der Waals surface area contributed by atoms with Crippen LogP contribution in [0, 0.1) is 27.7 Å². The van der Waals surface area contributed by atoms with Crippen LogP contribution >= 0.6 is 0 Å². The number of amides is 2. The van der Waals surface area contributed by atoms with Crippen molar-refractivity contribution in [1.82, 2.24) is 15.3 Å². The van der Waals surface area contributed by atoms with Gasteiger partial charge < -0.3 is 14.6 Å². The number of carbonyl (C=O) groups excluding carboxylic acids is 2. The standard InChI is InChI=1S/C27H32N4O3/c1-6-34-27(33)29-25(22-10-8-7-9-11-22)16-26(32)30-28-17-23-15-20(4)31(21(23)5)24-13-12-18(2)19(3)14-24/h7-15,17,25H,6,16H2,1-5H3,(H,29,33)(H,30,32)/b28-17-/t25-/m1/s1. The molecule has 7 nitrogen and oxygen atoms in total. The van der Waals surface area contributed by atoms with Crippen molar-refractivity contribution in [2.45, 2.75) is 47.1 Å². The zero-order chi connectivity index (χ0) is 24.7. The summed E-state index contributed by atoms with van der Waals surface area (Å²) in [6.07, 6.45) is 1.11. The van der Waals surface area contributed by atoms with Crippen LogP contribution in [0.1, 0.15) is 53.0 Å². The summed E-state index contributed by atoms with van der Waals surface area (Å²) in [4.78, 5) is 24.5. The topological polar surface area (TPSA) is 84.7 Å². The molecule has 0 saturated carbocycles. The van der Waals surface area contributed by atoms with Crippen LogP contribution in [-0.2, 0) is 9.53 Å². The minimum atomic E-state index is -0.563. The highest BCUT2D eigenvalue weighted by Gasteiger charge is 2.19. The van der Waals surface area contributed by atoms with Crippen LogP contribution < -0.4 is 10.7 Å². The molecule has 1 aromatic heterocycles. The van der Waals surface area contributed by atoms with Gasteiger partial charge in [-0.15, -0.1) is 0 Å². The molecule has 0 aliphatic heterocycles. The lowest BCUT2D eigenvalue weighted by atomic mass is 10.0. The monoisotopic (exact) mass is 460 g/mol. The summed E-state index contributed by atoms with van der Waals surface area (Å²) >= 11 is 0. The first-order valence-corrected chi connectivity index (χ1v) is 11.4. The first-order chi connectivity index (χ1) is 16.3. The quantitative estimate of drug-likeness (QED) is 0.365. The van der Waals surface area contributed by atoms with Crippen LogP contribution in [0.5, 0.6) is 0 Å². The van der Waals surface area contributed by atoms with Crippen LogP contribution in [0.25, 0.3) is 5.69 Å². The minimum absolute atomic E-state index is 0.0296. The normalized spacial score (nSPS) is 11.9. The van der Waals surface area contributed by atoms with Gasteiger partial charge in [-0.25, -0.2) is 10.2 Å². The van der Waals surface area contributed by atoms with Gasteiger partial charge in [0.2, 0.25) is 5.91 Å². The molecule has 34 heavy (non-hydrogen) atoms. The van der Waals surface area contributed by atoms with E-state index in [0.29, 0.717) is 0 Å². The van der Waals surface area contributed by atoms with Gasteiger partial charge in [-0.2, -0.15) is 5.10 Å². The fraction of sp³-hybridized carbons (Fsp3) is 0.296. The number of nitrogens with zero attached hydrogens (tertiary/aromatic N) is 2. The van der Waals surface area contributed by atoms with E-state index in [9.17, 15) is 9.59 Å². The molecule has 178 valence electrons. The highest BCUT2D eigenvalue weighted by atomic mass is 16.5. The minimum Gasteiger partial charge on any atom is -0.450 e. The maximum Gasteiger partial charge on any atom is 0.407 e. The molecule has 0 bridgehead atoms. The van der Waals surface area contributed by atoms with Gasteiger partial charge in [0.15, 0.2) is 0 Å². The number of aromatic nitrogens is 1. The number of benzene rings is 2. The molecule has 0 saturated heterocycles. The summed E-state index contributed by atoms with van der Waals surface area (Å²) in [5.74, 6) is -0.315. The van der Waals surface area contributed by atoms with E-state index in [2.05, 4.69) is 52.5 Å². The summed E-state index contributed by atoms with van der Waals surface area (Å²) in [5, 5.41) is 6.91. The Morgan fingerprint density at radius 2 is 1.76 bits per heavy atom. The second kappa shape index (κ2) is 11.3. The molecule has 1 atom stereocenters. The molecule has 7 heteroatoms. The molecular weight excluding hydrogens is 428 g/mol. The van der Waals surface area contributed by atoms with E-state index < -0.39 is 12.1 Å². The Balaban J connectivity index is 1.70. The zero-order valence-corrected chi connectivity index (χ0v) is 20.4. The Morgan fingerprint density at radius 1 is 1.03 bits per heavy atom. The zero-order valence-electron chi connectivity index (χ0n) is 20.4. The summed E-state index contributed by atoms with van der Waals surface area (Å²) in [6, 6.07) is 17.2. The number of hydrogen-bond donors (Lipinski definition) is 2. The first-order valence-electron chi connectivity index (χ1n) is 11.4. The number of aryl methyl sites for hydroxylation is 3. The predicted octanol–water partition coefficient (Wildman–Crippen LogP) is 5.04. The van der Waals surface area contributed by atoms with Crippen molar-refractivity contribution in [1.29, 1.82) is 0 Å². The van der Waals surface area contributed by atoms with Gasteiger partial charge in [0.05, 0.1) is 25.3 Å². The van der Waals surface area contributed by atoms with E-state index in [0.717, 1.165) is 28.2 Å². The Labute approximate surface area is 200 Å². The number of nitrogens with one attached hydrogen (secondary N) is 2. The van der Waals surface area contributed by atoms with Gasteiger partial charge in [0.1, 0.15) is 0 Å². The van der Waals surface area contributed by atoms with Crippen LogP contribution in [0.2, 0.25) is 0 Å². The van der Waals surface area contributed by atoms with Gasteiger partial charge in [0.25, 0.3) is 0 Å². The summed E-state index contributed by atoms with van der Waals surface area (Å²) < 4.78 is 7.15. The van der Waals surface area contributed by atoms with Crippen molar-refractivity contribution >= 4 is 18.2 Å². The highest BCUT2D eigenvalue weighted by Crippen LogP contribution is 2.22. The van der Waals surface area contributed by atoms with Gasteiger partial charge in [0, 0.05) is 22.6 Å². The lowest BCUT2D eigenvalue weighted by Crippen LogP contribution is -2.33. The summed E-state index contributed by atoms with van der Waals surface area (Å²) in [5.41, 5.74) is 10.00. The Kier molecular flexibility index (Phi) is 8.24. The first kappa shape index (κ1) is 24.8. The van der Waals surface area contributed by atoms with Crippen molar-refractivity contribution in [3.05, 3.63) is 88.2 Å². The molecule has 0 aliphatic carbocycles. The Hall–Kier alpha value is -3.87. The van der Waals surface area contributed by atoms with Crippen LogP contribution in [0.4, 0.5) is 4.79 Å². The van der Waals surface area contributed by atoms with Gasteiger partial charge in [-0.3, -0.25) is 4.79 Å². The van der Waals surface area contributed by atoms with Gasteiger partial charge in [-0.05, 0) is 69.5 Å². The summed E-state index contributed by atoms with van der Waals surface area (Å²) in [7, 11) is 0. The predicted molar refractivity (Wildman–Crippen MR) is 134 cm³/mol. The molecule has 1 heterocycles. The summed E-state index contributed by atoms with van der Waals surface area (Å²) in [6.45, 7) is 10.3. The van der Waals surface area contributed by atoms with Crippen molar-refractivity contribution in [2.24, 2.45) is 5.10 Å². The lowest BCUT2D eigenvalue weighted by molar-refractivity contribution is -0.121. The molecule has 2 aromatic carbocycles. The second-order valence-electron chi connectivity index (χ2n) is 8.26. The van der Waals surface area contributed by atoms with E-state index in [-0.39, 0.29) is 18.9 Å². The molecule has 3 aromatic rings. The van der Waals surface area contributed by atoms with E-state index in [4.69, 9.17) is 4.74 Å². The average molecular weight is 461 g/mol. The Morgan fingerprint density at radius 3 is 2.44 bits per heavy atom. The van der Waals surface area contributed by atoms with E-state index in [1.54, 1.807) is 13.1 Å². The number of rotatable bonds is 8. The fourth-order valence-corrected chi connectivity index (χ4v) is 3.84. The molecule has 0 unspecified atom stereocenters. The average Bonchev–Trinajstić information content (AvgIpc) is 3.09. The molecular formula is C27H32N4O3. The third-order valence-corrected chi connectivity index (χ3v) is 5.77. The van der Waals surface area contributed by atoms with E-state index >= 15 is 0 Å². The van der Waals surface area contributed by atoms with Crippen LogP contribution in [-0.4, -0.2) is 29.4 Å². The van der Waals surface area contributed by atoms with Crippen LogP contribution in [0.3, 0.4) is 0 Å². The second-order valence-corrected chi connectivity index (χ2v) is 8.26. The number of hydrazone groups is 1. The molecule has 0 radical (unpaired) electrons. The highest BCUT2D eigenvalue weighted by molar-refractivity contribution is 5.84. The van der Waals surface area contributed by atoms with Crippen molar-refractivity contribution in [2.75, 3.05) is 6.61 Å².